The Morgan fingerprint density at radius 1 is 0.731 bits per heavy atom. The van der Waals surface area contributed by atoms with E-state index in [-0.39, 0.29) is 38.0 Å². The molecule has 0 aliphatic heterocycles. The number of aliphatic hydroxyl groups is 1. The molecule has 1 aromatic heterocycles. The first kappa shape index (κ1) is 57.2. The lowest BCUT2D eigenvalue weighted by Crippen LogP contribution is -2.62. The molecule has 0 spiro atoms. The predicted molar refractivity (Wildman–Crippen MR) is 250 cm³/mol. The molecule has 1 heterocycles. The van der Waals surface area contributed by atoms with Crippen LogP contribution in [0.1, 0.15) is 83.9 Å². The van der Waals surface area contributed by atoms with Crippen molar-refractivity contribution in [1.29, 1.82) is 0 Å². The van der Waals surface area contributed by atoms with Gasteiger partial charge in [0.1, 0.15) is 42.5 Å². The monoisotopic (exact) mass is 959 g/mol. The summed E-state index contributed by atoms with van der Waals surface area (Å²) in [5.74, 6) is -6.88. The van der Waals surface area contributed by atoms with E-state index < -0.39 is 115 Å². The van der Waals surface area contributed by atoms with Gasteiger partial charge in [0, 0.05) is 24.7 Å². The van der Waals surface area contributed by atoms with Crippen molar-refractivity contribution >= 4 is 65.4 Å². The van der Waals surface area contributed by atoms with Crippen LogP contribution in [0.3, 0.4) is 0 Å². The summed E-state index contributed by atoms with van der Waals surface area (Å²) in [6.07, 6.45) is 4.27. The summed E-state index contributed by atoms with van der Waals surface area (Å²) in [5, 5.41) is 38.0. The zero-order valence-electron chi connectivity index (χ0n) is 38.7. The first-order chi connectivity index (χ1) is 31.8. The third-order valence-corrected chi connectivity index (χ3v) is 11.0. The molecular weight excluding hydrogens is 891 g/mol. The minimum absolute atomic E-state index is 0.0122. The summed E-state index contributed by atoms with van der Waals surface area (Å²) in [7, 11) is 0. The van der Waals surface area contributed by atoms with Gasteiger partial charge in [-0.2, -0.15) is 11.8 Å². The molecule has 2 rings (SSSR count). The molecule has 0 fully saturated rings. The fraction of sp³-hybridized carbons (Fsp3) is 0.591. The van der Waals surface area contributed by atoms with Gasteiger partial charge in [0.25, 0.3) is 0 Å². The van der Waals surface area contributed by atoms with Crippen LogP contribution in [-0.2, 0) is 56.0 Å². The number of nitrogens with two attached hydrogens (primary N) is 2. The number of aldehydes is 1. The van der Waals surface area contributed by atoms with Crippen LogP contribution in [0.15, 0.2) is 42.9 Å². The number of carbonyl (C=O) groups excluding carboxylic acids is 8. The molecule has 372 valence electrons. The molecule has 67 heavy (non-hydrogen) atoms. The first-order valence-electron chi connectivity index (χ1n) is 22.2. The number of aromatic nitrogens is 2. The van der Waals surface area contributed by atoms with Gasteiger partial charge in [-0.1, -0.05) is 50.6 Å². The number of carbonyl (C=O) groups is 9. The highest BCUT2D eigenvalue weighted by Crippen LogP contribution is 2.11. The number of rotatable bonds is 32. The molecule has 23 heteroatoms. The van der Waals surface area contributed by atoms with Gasteiger partial charge in [0.05, 0.1) is 24.5 Å². The Labute approximate surface area is 394 Å². The van der Waals surface area contributed by atoms with E-state index in [1.165, 1.54) is 38.1 Å². The largest absolute Gasteiger partial charge is 0.481 e. The van der Waals surface area contributed by atoms with Crippen molar-refractivity contribution in [2.45, 2.75) is 140 Å². The number of amides is 7. The van der Waals surface area contributed by atoms with Crippen LogP contribution in [0, 0.1) is 5.92 Å². The quantitative estimate of drug-likeness (QED) is 0.0288. The topological polar surface area (TPSA) is 359 Å². The Balaban J connectivity index is 2.26. The fourth-order valence-electron chi connectivity index (χ4n) is 6.64. The van der Waals surface area contributed by atoms with Crippen LogP contribution >= 0.6 is 11.8 Å². The Morgan fingerprint density at radius 3 is 1.90 bits per heavy atom. The first-order valence-corrected chi connectivity index (χ1v) is 23.6. The van der Waals surface area contributed by atoms with E-state index in [0.717, 1.165) is 5.56 Å². The number of nitrogens with one attached hydrogen (secondary N) is 8. The summed E-state index contributed by atoms with van der Waals surface area (Å²) in [6, 6.07) is -1.09. The number of thioether (sulfide) groups is 1. The van der Waals surface area contributed by atoms with Crippen molar-refractivity contribution in [3.8, 4) is 0 Å². The van der Waals surface area contributed by atoms with Crippen molar-refractivity contribution in [2.24, 2.45) is 17.4 Å². The van der Waals surface area contributed by atoms with Crippen molar-refractivity contribution < 1.29 is 53.4 Å². The number of unbranched alkanes of at least 4 members (excludes halogenated alkanes) is 1. The van der Waals surface area contributed by atoms with Crippen LogP contribution < -0.4 is 48.7 Å². The van der Waals surface area contributed by atoms with Crippen molar-refractivity contribution in [3.63, 3.8) is 0 Å². The number of carboxylic acids is 1. The molecule has 0 saturated heterocycles. The Bertz CT molecular complexity index is 1910. The van der Waals surface area contributed by atoms with Gasteiger partial charge in [-0.15, -0.1) is 0 Å². The lowest BCUT2D eigenvalue weighted by molar-refractivity contribution is -0.138. The van der Waals surface area contributed by atoms with Gasteiger partial charge in [-0.3, -0.25) is 38.4 Å². The summed E-state index contributed by atoms with van der Waals surface area (Å²) in [6.45, 7) is 6.62. The Kier molecular flexibility index (Phi) is 26.0. The number of carboxylic acid groups (broad SMARTS) is 1. The number of benzene rings is 1. The Morgan fingerprint density at radius 2 is 1.33 bits per heavy atom. The van der Waals surface area contributed by atoms with Crippen molar-refractivity contribution in [3.05, 3.63) is 54.1 Å². The van der Waals surface area contributed by atoms with E-state index in [2.05, 4.69) is 47.2 Å². The molecule has 7 amide bonds. The van der Waals surface area contributed by atoms with E-state index in [1.807, 2.05) is 6.07 Å². The van der Waals surface area contributed by atoms with Crippen LogP contribution in [0.2, 0.25) is 0 Å². The summed E-state index contributed by atoms with van der Waals surface area (Å²) in [5.41, 5.74) is 12.9. The number of hydrogen-bond donors (Lipinski definition) is 12. The number of nitrogens with zero attached hydrogens (tertiary/aromatic N) is 1. The zero-order valence-corrected chi connectivity index (χ0v) is 39.6. The molecule has 0 saturated carbocycles. The normalized spacial score (nSPS) is 15.2. The fourth-order valence-corrected chi connectivity index (χ4v) is 7.11. The molecule has 0 aliphatic rings. The van der Waals surface area contributed by atoms with Crippen molar-refractivity contribution in [2.75, 3.05) is 18.6 Å². The molecule has 22 nitrogen and oxygen atoms in total. The smallest absolute Gasteiger partial charge is 0.303 e. The lowest BCUT2D eigenvalue weighted by atomic mass is 10.0. The molecule has 0 unspecified atom stereocenters. The molecule has 0 radical (unpaired) electrons. The zero-order chi connectivity index (χ0) is 50.1. The maximum atomic E-state index is 13.9. The van der Waals surface area contributed by atoms with E-state index in [9.17, 15) is 53.4 Å². The van der Waals surface area contributed by atoms with Crippen LogP contribution in [0.5, 0.6) is 0 Å². The third-order valence-electron chi connectivity index (χ3n) is 10.4. The number of aliphatic hydroxyl groups excluding tert-OH is 1. The summed E-state index contributed by atoms with van der Waals surface area (Å²) in [4.78, 5) is 125. The number of aliphatic carboxylic acids is 1. The number of H-pyrrole nitrogens is 1. The van der Waals surface area contributed by atoms with E-state index in [0.29, 0.717) is 37.1 Å². The van der Waals surface area contributed by atoms with Gasteiger partial charge in [0.2, 0.25) is 41.4 Å². The maximum absolute atomic E-state index is 13.9. The minimum Gasteiger partial charge on any atom is -0.481 e. The lowest BCUT2D eigenvalue weighted by Gasteiger charge is -2.28. The molecule has 0 aliphatic carbocycles. The van der Waals surface area contributed by atoms with E-state index in [1.54, 1.807) is 44.4 Å². The van der Waals surface area contributed by atoms with Gasteiger partial charge < -0.3 is 68.7 Å². The number of hydrogen-bond acceptors (Lipinski definition) is 14. The second kappa shape index (κ2) is 30.4. The summed E-state index contributed by atoms with van der Waals surface area (Å²) >= 11 is 1.32. The molecule has 0 bridgehead atoms. The highest BCUT2D eigenvalue weighted by atomic mass is 32.2. The number of aromatic amines is 1. The molecule has 1 aromatic carbocycles. The SMILES string of the molecule is CSCC[C@H](NC(=O)[C@H](CCC(=O)O)NC(=O)[C@H](Cc1cnc[nH]1)NC(=O)[C@@H](N)CCCCN)C(=O)N[C@H](C(=O)N[C@@H](CC(C)C)C(=O)N[C@@H](C)C(=O)N[C@H](C=O)Cc1ccccc1)[C@@H](C)O. The summed E-state index contributed by atoms with van der Waals surface area (Å²) < 4.78 is 0. The average molecular weight is 960 g/mol. The minimum atomic E-state index is -1.66. The van der Waals surface area contributed by atoms with Crippen LogP contribution in [-0.4, -0.2) is 147 Å². The second-order valence-electron chi connectivity index (χ2n) is 16.7. The molecule has 2 aromatic rings. The Hall–Kier alpha value is -5.91. The van der Waals surface area contributed by atoms with Crippen molar-refractivity contribution in [1.82, 2.24) is 47.2 Å². The average Bonchev–Trinajstić information content (AvgIpc) is 3.80. The predicted octanol–water partition coefficient (Wildman–Crippen LogP) is -1.69. The standard InChI is InChI=1S/C44H69N11O11S/c1-25(2)19-34(42(64)49-26(3)38(60)50-30(23-56)20-28-11-7-6-8-12-28)54-44(66)37(27(4)57)55-41(63)33(16-18-67-5)52-40(62)32(14-15-36(58)59)51-43(65)35(21-29-22-47-24-48-29)53-39(61)31(46)13-9-10-17-45/h6-8,11-12,22-27,30-35,37,57H,9-10,13-21,45-46H2,1-5H3,(H,47,48)(H,49,64)(H,50,60)(H,51,65)(H,52,62)(H,53,61)(H,54,66)(H,55,63)(H,58,59)/t26-,27+,30-,31-,32-,33-,34-,35-,37-/m0/s1. The van der Waals surface area contributed by atoms with Gasteiger partial charge >= 0.3 is 5.97 Å². The van der Waals surface area contributed by atoms with Crippen LogP contribution in [0.25, 0.3) is 0 Å². The molecular formula is C44H69N11O11S. The maximum Gasteiger partial charge on any atom is 0.303 e. The van der Waals surface area contributed by atoms with Crippen LogP contribution in [0.4, 0.5) is 0 Å². The highest BCUT2D eigenvalue weighted by molar-refractivity contribution is 7.98. The molecule has 14 N–H and O–H groups in total. The highest BCUT2D eigenvalue weighted by Gasteiger charge is 2.35. The van der Waals surface area contributed by atoms with Gasteiger partial charge in [-0.25, -0.2) is 4.98 Å². The van der Waals surface area contributed by atoms with E-state index in [4.69, 9.17) is 11.5 Å². The van der Waals surface area contributed by atoms with E-state index >= 15 is 0 Å². The third kappa shape index (κ3) is 21.5. The molecule has 9 atom stereocenters. The van der Waals surface area contributed by atoms with Gasteiger partial charge in [-0.05, 0) is 82.4 Å². The van der Waals surface area contributed by atoms with Gasteiger partial charge in [0.15, 0.2) is 0 Å². The second-order valence-corrected chi connectivity index (χ2v) is 17.6. The number of imidazole rings is 1.